The highest BCUT2D eigenvalue weighted by molar-refractivity contribution is 6.30. The minimum Gasteiger partial charge on any atom is -0.491 e. The van der Waals surface area contributed by atoms with Crippen LogP contribution in [0, 0.1) is 5.41 Å². The van der Waals surface area contributed by atoms with E-state index in [1.165, 1.54) is 0 Å². The maximum absolute atomic E-state index is 5.90. The van der Waals surface area contributed by atoms with Crippen molar-refractivity contribution in [2.24, 2.45) is 11.1 Å². The number of hydrogen-bond donors (Lipinski definition) is 1. The number of pyridine rings is 1. The lowest BCUT2D eigenvalue weighted by molar-refractivity contribution is 0.238. The van der Waals surface area contributed by atoms with Crippen LogP contribution in [0.5, 0.6) is 5.75 Å². The van der Waals surface area contributed by atoms with Crippen molar-refractivity contribution < 1.29 is 4.74 Å². The van der Waals surface area contributed by atoms with Gasteiger partial charge < -0.3 is 10.5 Å². The molecule has 1 aliphatic rings. The van der Waals surface area contributed by atoms with E-state index in [-0.39, 0.29) is 30.2 Å². The lowest BCUT2D eigenvalue weighted by atomic mass is 10.1. The lowest BCUT2D eigenvalue weighted by Crippen LogP contribution is -2.22. The zero-order chi connectivity index (χ0) is 14.0. The molecule has 2 N–H and O–H groups in total. The van der Waals surface area contributed by atoms with Gasteiger partial charge in [-0.25, -0.2) is 0 Å². The van der Waals surface area contributed by atoms with Crippen LogP contribution in [0.25, 0.3) is 11.1 Å². The smallest absolute Gasteiger partial charge is 0.138 e. The fourth-order valence-electron chi connectivity index (χ4n) is 2.12. The number of nitrogens with two attached hydrogens (primary N) is 1. The first kappa shape index (κ1) is 19.0. The SMILES string of the molecule is Cl.Cl.NCC1(COc2cncc(-c3ccc(Cl)cc3)c2)CC1. The molecule has 0 aliphatic heterocycles. The quantitative estimate of drug-likeness (QED) is 0.860. The summed E-state index contributed by atoms with van der Waals surface area (Å²) in [7, 11) is 0. The van der Waals surface area contributed by atoms with Crippen LogP contribution in [0.3, 0.4) is 0 Å². The topological polar surface area (TPSA) is 48.1 Å². The molecule has 22 heavy (non-hydrogen) atoms. The van der Waals surface area contributed by atoms with Crippen molar-refractivity contribution in [3.05, 3.63) is 47.7 Å². The van der Waals surface area contributed by atoms with E-state index in [2.05, 4.69) is 4.98 Å². The van der Waals surface area contributed by atoms with E-state index < -0.39 is 0 Å². The van der Waals surface area contributed by atoms with Gasteiger partial charge in [0.05, 0.1) is 12.8 Å². The molecule has 2 aromatic rings. The summed E-state index contributed by atoms with van der Waals surface area (Å²) in [6, 6.07) is 9.70. The van der Waals surface area contributed by atoms with Gasteiger partial charge in [-0.2, -0.15) is 0 Å². The molecule has 3 nitrogen and oxygen atoms in total. The van der Waals surface area contributed by atoms with Crippen molar-refractivity contribution in [3.8, 4) is 16.9 Å². The molecule has 0 spiro atoms. The van der Waals surface area contributed by atoms with Gasteiger partial charge >= 0.3 is 0 Å². The Morgan fingerprint density at radius 1 is 1.09 bits per heavy atom. The zero-order valence-corrected chi connectivity index (χ0v) is 14.4. The van der Waals surface area contributed by atoms with Crippen LogP contribution in [0.2, 0.25) is 5.02 Å². The summed E-state index contributed by atoms with van der Waals surface area (Å²) in [5.41, 5.74) is 8.07. The van der Waals surface area contributed by atoms with Crippen LogP contribution >= 0.6 is 36.4 Å². The molecule has 3 rings (SSSR count). The van der Waals surface area contributed by atoms with Gasteiger partial charge in [0.25, 0.3) is 0 Å². The summed E-state index contributed by atoms with van der Waals surface area (Å²) in [6.45, 7) is 1.37. The molecule has 120 valence electrons. The molecule has 0 saturated heterocycles. The monoisotopic (exact) mass is 360 g/mol. The molecular formula is C16H19Cl3N2O. The number of ether oxygens (including phenoxy) is 1. The molecule has 1 aromatic carbocycles. The molecule has 1 fully saturated rings. The molecular weight excluding hydrogens is 343 g/mol. The van der Waals surface area contributed by atoms with Gasteiger partial charge in [0.15, 0.2) is 0 Å². The highest BCUT2D eigenvalue weighted by atomic mass is 35.5. The minimum absolute atomic E-state index is 0. The van der Waals surface area contributed by atoms with E-state index in [1.54, 1.807) is 6.20 Å². The van der Waals surface area contributed by atoms with Crippen molar-refractivity contribution in [2.45, 2.75) is 12.8 Å². The molecule has 0 amide bonds. The van der Waals surface area contributed by atoms with E-state index in [9.17, 15) is 0 Å². The fourth-order valence-corrected chi connectivity index (χ4v) is 2.24. The Balaban J connectivity index is 0.00000121. The minimum atomic E-state index is 0. The van der Waals surface area contributed by atoms with Crippen molar-refractivity contribution >= 4 is 36.4 Å². The average molecular weight is 362 g/mol. The first-order valence-corrected chi connectivity index (χ1v) is 7.12. The van der Waals surface area contributed by atoms with E-state index in [1.807, 2.05) is 36.5 Å². The van der Waals surface area contributed by atoms with Crippen LogP contribution < -0.4 is 10.5 Å². The van der Waals surface area contributed by atoms with Crippen molar-refractivity contribution in [1.82, 2.24) is 4.98 Å². The van der Waals surface area contributed by atoms with Crippen molar-refractivity contribution in [1.29, 1.82) is 0 Å². The Morgan fingerprint density at radius 2 is 1.77 bits per heavy atom. The van der Waals surface area contributed by atoms with E-state index in [4.69, 9.17) is 22.1 Å². The molecule has 1 saturated carbocycles. The third-order valence-corrected chi connectivity index (χ3v) is 4.08. The first-order chi connectivity index (χ1) is 9.71. The van der Waals surface area contributed by atoms with Crippen LogP contribution in [0.4, 0.5) is 0 Å². The van der Waals surface area contributed by atoms with Crippen LogP contribution in [-0.4, -0.2) is 18.1 Å². The second-order valence-corrected chi connectivity index (χ2v) is 5.85. The highest BCUT2D eigenvalue weighted by Gasteiger charge is 2.42. The predicted octanol–water partition coefficient (Wildman–Crippen LogP) is 4.36. The number of halogens is 3. The maximum Gasteiger partial charge on any atom is 0.138 e. The largest absolute Gasteiger partial charge is 0.491 e. The third-order valence-electron chi connectivity index (χ3n) is 3.83. The average Bonchev–Trinajstić information content (AvgIpc) is 3.27. The summed E-state index contributed by atoms with van der Waals surface area (Å²) < 4.78 is 5.84. The van der Waals surface area contributed by atoms with Crippen molar-refractivity contribution in [2.75, 3.05) is 13.2 Å². The van der Waals surface area contributed by atoms with Crippen LogP contribution in [0.15, 0.2) is 42.7 Å². The Labute approximate surface area is 148 Å². The molecule has 0 radical (unpaired) electrons. The summed E-state index contributed by atoms with van der Waals surface area (Å²) in [5.74, 6) is 0.789. The van der Waals surface area contributed by atoms with Gasteiger partial charge in [-0.1, -0.05) is 23.7 Å². The van der Waals surface area contributed by atoms with Gasteiger partial charge in [0.2, 0.25) is 0 Å². The first-order valence-electron chi connectivity index (χ1n) is 6.75. The van der Waals surface area contributed by atoms with Gasteiger partial charge in [-0.15, -0.1) is 24.8 Å². The van der Waals surface area contributed by atoms with Gasteiger partial charge in [-0.05, 0) is 36.6 Å². The summed E-state index contributed by atoms with van der Waals surface area (Å²) in [4.78, 5) is 4.24. The highest BCUT2D eigenvalue weighted by Crippen LogP contribution is 2.44. The number of nitrogens with zero attached hydrogens (tertiary/aromatic N) is 1. The maximum atomic E-state index is 5.90. The number of benzene rings is 1. The summed E-state index contributed by atoms with van der Waals surface area (Å²) in [6.07, 6.45) is 5.89. The van der Waals surface area contributed by atoms with Crippen LogP contribution in [0.1, 0.15) is 12.8 Å². The standard InChI is InChI=1S/C16H17ClN2O.2ClH/c17-14-3-1-12(2-4-14)13-7-15(9-19-8-13)20-11-16(10-18)5-6-16;;/h1-4,7-9H,5-6,10-11,18H2;2*1H. The molecule has 1 heterocycles. The van der Waals surface area contributed by atoms with Gasteiger partial charge in [-0.3, -0.25) is 4.98 Å². The Bertz CT molecular complexity index is 601. The molecule has 0 bridgehead atoms. The second-order valence-electron chi connectivity index (χ2n) is 5.41. The fraction of sp³-hybridized carbons (Fsp3) is 0.312. The Morgan fingerprint density at radius 3 is 2.36 bits per heavy atom. The number of rotatable bonds is 5. The van der Waals surface area contributed by atoms with E-state index in [0.717, 1.165) is 34.7 Å². The molecule has 1 aromatic heterocycles. The molecule has 6 heteroatoms. The van der Waals surface area contributed by atoms with Gasteiger partial charge in [0, 0.05) is 28.7 Å². The van der Waals surface area contributed by atoms with Crippen molar-refractivity contribution in [3.63, 3.8) is 0 Å². The second kappa shape index (κ2) is 8.02. The molecule has 1 aliphatic carbocycles. The number of hydrogen-bond acceptors (Lipinski definition) is 3. The van der Waals surface area contributed by atoms with E-state index >= 15 is 0 Å². The summed E-state index contributed by atoms with van der Waals surface area (Å²) >= 11 is 5.90. The van der Waals surface area contributed by atoms with Gasteiger partial charge in [0.1, 0.15) is 5.75 Å². The Hall–Kier alpha value is -1.00. The molecule has 0 atom stereocenters. The zero-order valence-electron chi connectivity index (χ0n) is 12.0. The number of aromatic nitrogens is 1. The Kier molecular flexibility index (Phi) is 6.95. The predicted molar refractivity (Wildman–Crippen MR) is 95.4 cm³/mol. The molecule has 0 unspecified atom stereocenters. The lowest BCUT2D eigenvalue weighted by Gasteiger charge is -2.14. The third kappa shape index (κ3) is 4.50. The van der Waals surface area contributed by atoms with Crippen LogP contribution in [-0.2, 0) is 0 Å². The summed E-state index contributed by atoms with van der Waals surface area (Å²) in [5, 5.41) is 0.729. The van der Waals surface area contributed by atoms with E-state index in [0.29, 0.717) is 13.2 Å². The normalized spacial score (nSPS) is 14.5.